The third kappa shape index (κ3) is 1.26. The number of hydrogen-bond acceptors (Lipinski definition) is 3. The van der Waals surface area contributed by atoms with Gasteiger partial charge in [0.2, 0.25) is 0 Å². The second-order valence-corrected chi connectivity index (χ2v) is 3.55. The highest BCUT2D eigenvalue weighted by atomic mass is 16.1. The molecule has 0 fully saturated rings. The van der Waals surface area contributed by atoms with Crippen molar-refractivity contribution in [2.24, 2.45) is 0 Å². The van der Waals surface area contributed by atoms with Gasteiger partial charge in [-0.15, -0.1) is 0 Å². The molecule has 0 aliphatic rings. The fourth-order valence-corrected chi connectivity index (χ4v) is 1.77. The van der Waals surface area contributed by atoms with Gasteiger partial charge in [-0.1, -0.05) is 24.3 Å². The standard InChI is InChI=1S/C13H8N2O/c16-12-10-5-2-1-4-9(10)8-15-13-11(12)6-3-7-14-13/h1-8H. The summed E-state index contributed by atoms with van der Waals surface area (Å²) in [6.45, 7) is 0. The molecule has 0 atom stereocenters. The van der Waals surface area contributed by atoms with Crippen LogP contribution in [0.1, 0.15) is 0 Å². The molecule has 2 heterocycles. The summed E-state index contributed by atoms with van der Waals surface area (Å²) in [5, 5.41) is 2.08. The molecule has 3 aromatic rings. The zero-order valence-corrected chi connectivity index (χ0v) is 8.42. The summed E-state index contributed by atoms with van der Waals surface area (Å²) in [4.78, 5) is 20.5. The van der Waals surface area contributed by atoms with E-state index in [0.717, 1.165) is 5.39 Å². The first-order chi connectivity index (χ1) is 7.86. The maximum Gasteiger partial charge on any atom is 0.197 e. The van der Waals surface area contributed by atoms with Crippen LogP contribution in [0.4, 0.5) is 0 Å². The molecule has 0 bridgehead atoms. The van der Waals surface area contributed by atoms with Crippen LogP contribution in [0, 0.1) is 0 Å². The maximum atomic E-state index is 12.2. The van der Waals surface area contributed by atoms with Crippen LogP contribution in [0.3, 0.4) is 0 Å². The molecular weight excluding hydrogens is 200 g/mol. The van der Waals surface area contributed by atoms with E-state index in [-0.39, 0.29) is 5.43 Å². The zero-order chi connectivity index (χ0) is 11.0. The van der Waals surface area contributed by atoms with Crippen LogP contribution >= 0.6 is 0 Å². The van der Waals surface area contributed by atoms with Crippen molar-refractivity contribution in [3.05, 3.63) is 59.0 Å². The number of fused-ring (bicyclic) bond motifs is 2. The normalized spacial score (nSPS) is 10.8. The molecule has 0 saturated carbocycles. The zero-order valence-electron chi connectivity index (χ0n) is 8.42. The van der Waals surface area contributed by atoms with E-state index in [1.54, 1.807) is 24.5 Å². The Morgan fingerprint density at radius 3 is 2.62 bits per heavy atom. The van der Waals surface area contributed by atoms with Crippen LogP contribution in [0.2, 0.25) is 0 Å². The molecule has 3 nitrogen and oxygen atoms in total. The second kappa shape index (κ2) is 3.38. The number of aromatic nitrogens is 2. The van der Waals surface area contributed by atoms with Crippen molar-refractivity contribution < 1.29 is 0 Å². The van der Waals surface area contributed by atoms with Crippen molar-refractivity contribution in [1.82, 2.24) is 9.97 Å². The highest BCUT2D eigenvalue weighted by Gasteiger charge is 2.02. The minimum Gasteiger partial charge on any atom is -0.288 e. The second-order valence-electron chi connectivity index (χ2n) is 3.55. The summed E-state index contributed by atoms with van der Waals surface area (Å²) >= 11 is 0. The fourth-order valence-electron chi connectivity index (χ4n) is 1.77. The maximum absolute atomic E-state index is 12.2. The van der Waals surface area contributed by atoms with Crippen molar-refractivity contribution in [2.75, 3.05) is 0 Å². The largest absolute Gasteiger partial charge is 0.288 e. The molecule has 76 valence electrons. The monoisotopic (exact) mass is 208 g/mol. The van der Waals surface area contributed by atoms with E-state index in [1.807, 2.05) is 24.3 Å². The minimum absolute atomic E-state index is 0.0174. The van der Waals surface area contributed by atoms with E-state index >= 15 is 0 Å². The summed E-state index contributed by atoms with van der Waals surface area (Å²) in [6.07, 6.45) is 3.32. The number of hydrogen-bond donors (Lipinski definition) is 0. The van der Waals surface area contributed by atoms with Crippen LogP contribution in [0.25, 0.3) is 21.8 Å². The van der Waals surface area contributed by atoms with E-state index in [9.17, 15) is 4.79 Å². The first kappa shape index (κ1) is 8.97. The Kier molecular flexibility index (Phi) is 1.90. The topological polar surface area (TPSA) is 42.9 Å². The Bertz CT molecular complexity index is 676. The van der Waals surface area contributed by atoms with Crippen molar-refractivity contribution in [2.45, 2.75) is 0 Å². The van der Waals surface area contributed by atoms with Gasteiger partial charge in [0.1, 0.15) is 0 Å². The predicted octanol–water partition coefficient (Wildman–Crippen LogP) is 2.14. The lowest BCUT2D eigenvalue weighted by molar-refractivity contribution is 1.31. The molecule has 3 heteroatoms. The van der Waals surface area contributed by atoms with E-state index < -0.39 is 0 Å². The Morgan fingerprint density at radius 1 is 0.875 bits per heavy atom. The molecule has 3 rings (SSSR count). The predicted molar refractivity (Wildman–Crippen MR) is 63.3 cm³/mol. The van der Waals surface area contributed by atoms with Gasteiger partial charge < -0.3 is 0 Å². The summed E-state index contributed by atoms with van der Waals surface area (Å²) in [5.41, 5.74) is 0.472. The molecule has 16 heavy (non-hydrogen) atoms. The van der Waals surface area contributed by atoms with Crippen LogP contribution < -0.4 is 5.43 Å². The highest BCUT2D eigenvalue weighted by Crippen LogP contribution is 2.10. The Hall–Kier alpha value is -2.29. The summed E-state index contributed by atoms with van der Waals surface area (Å²) in [7, 11) is 0. The lowest BCUT2D eigenvalue weighted by Gasteiger charge is -1.88. The van der Waals surface area contributed by atoms with Gasteiger partial charge in [-0.3, -0.25) is 4.79 Å². The van der Waals surface area contributed by atoms with Crippen molar-refractivity contribution in [3.63, 3.8) is 0 Å². The van der Waals surface area contributed by atoms with Crippen molar-refractivity contribution in [3.8, 4) is 0 Å². The van der Waals surface area contributed by atoms with Crippen LogP contribution in [0.15, 0.2) is 53.6 Å². The minimum atomic E-state index is -0.0174. The SMILES string of the molecule is O=c1c2ccccc2cnc2ncccc12. The number of pyridine rings is 1. The van der Waals surface area contributed by atoms with E-state index in [0.29, 0.717) is 16.4 Å². The number of nitrogens with zero attached hydrogens (tertiary/aromatic N) is 2. The smallest absolute Gasteiger partial charge is 0.197 e. The lowest BCUT2D eigenvalue weighted by atomic mass is 10.2. The molecule has 0 N–H and O–H groups in total. The van der Waals surface area contributed by atoms with Gasteiger partial charge in [0.15, 0.2) is 11.1 Å². The van der Waals surface area contributed by atoms with Crippen molar-refractivity contribution >= 4 is 21.8 Å². The summed E-state index contributed by atoms with van der Waals surface area (Å²) in [5.74, 6) is 0. The van der Waals surface area contributed by atoms with E-state index in [4.69, 9.17) is 0 Å². The summed E-state index contributed by atoms with van der Waals surface area (Å²) < 4.78 is 0. The van der Waals surface area contributed by atoms with Crippen LogP contribution in [0.5, 0.6) is 0 Å². The average molecular weight is 208 g/mol. The highest BCUT2D eigenvalue weighted by molar-refractivity contribution is 5.88. The number of benzene rings is 1. The quantitative estimate of drug-likeness (QED) is 0.568. The molecule has 0 unspecified atom stereocenters. The number of rotatable bonds is 0. The molecule has 0 saturated heterocycles. The lowest BCUT2D eigenvalue weighted by Crippen LogP contribution is -1.98. The fraction of sp³-hybridized carbons (Fsp3) is 0. The Labute approximate surface area is 91.4 Å². The van der Waals surface area contributed by atoms with E-state index in [1.165, 1.54) is 0 Å². The molecule has 0 radical (unpaired) electrons. The third-order valence-corrected chi connectivity index (χ3v) is 2.56. The van der Waals surface area contributed by atoms with Gasteiger partial charge in [-0.25, -0.2) is 9.97 Å². The molecule has 1 aromatic carbocycles. The average Bonchev–Trinajstić information content (AvgIpc) is 2.49. The molecular formula is C13H8N2O. The van der Waals surface area contributed by atoms with Gasteiger partial charge >= 0.3 is 0 Å². The van der Waals surface area contributed by atoms with Gasteiger partial charge in [-0.05, 0) is 12.1 Å². The first-order valence-corrected chi connectivity index (χ1v) is 4.99. The van der Waals surface area contributed by atoms with E-state index in [2.05, 4.69) is 9.97 Å². The van der Waals surface area contributed by atoms with Gasteiger partial charge in [0.25, 0.3) is 0 Å². The van der Waals surface area contributed by atoms with Gasteiger partial charge in [-0.2, -0.15) is 0 Å². The van der Waals surface area contributed by atoms with Crippen molar-refractivity contribution in [1.29, 1.82) is 0 Å². The van der Waals surface area contributed by atoms with Crippen LogP contribution in [-0.4, -0.2) is 9.97 Å². The van der Waals surface area contributed by atoms with Gasteiger partial charge in [0, 0.05) is 23.2 Å². The Morgan fingerprint density at radius 2 is 1.69 bits per heavy atom. The van der Waals surface area contributed by atoms with Gasteiger partial charge in [0.05, 0.1) is 5.39 Å². The first-order valence-electron chi connectivity index (χ1n) is 4.99. The third-order valence-electron chi connectivity index (χ3n) is 2.56. The molecule has 0 spiro atoms. The molecule has 0 aliphatic heterocycles. The summed E-state index contributed by atoms with van der Waals surface area (Å²) in [6, 6.07) is 10.9. The Balaban J connectivity index is 2.69. The molecule has 0 amide bonds. The molecule has 2 aromatic heterocycles. The van der Waals surface area contributed by atoms with Crippen LogP contribution in [-0.2, 0) is 0 Å². The molecule has 0 aliphatic carbocycles.